The van der Waals surface area contributed by atoms with Gasteiger partial charge in [0.2, 0.25) is 0 Å². The van der Waals surface area contributed by atoms with Crippen molar-refractivity contribution in [3.05, 3.63) is 53.3 Å². The van der Waals surface area contributed by atoms with E-state index in [-0.39, 0.29) is 0 Å². The molecule has 90 valence electrons. The molecule has 1 unspecified atom stereocenters. The Bertz CT molecular complexity index is 490. The van der Waals surface area contributed by atoms with E-state index in [1.54, 1.807) is 10.9 Å². The van der Waals surface area contributed by atoms with E-state index in [4.69, 9.17) is 0 Å². The van der Waals surface area contributed by atoms with Crippen LogP contribution in [0.5, 0.6) is 0 Å². The van der Waals surface area contributed by atoms with Crippen molar-refractivity contribution in [1.29, 1.82) is 0 Å². The lowest BCUT2D eigenvalue weighted by molar-refractivity contribution is 0.168. The third-order valence-corrected chi connectivity index (χ3v) is 2.90. The van der Waals surface area contributed by atoms with Gasteiger partial charge in [-0.2, -0.15) is 5.10 Å². The minimum absolute atomic E-state index is 0.427. The second-order valence-corrected chi connectivity index (χ2v) is 4.49. The molecule has 0 radical (unpaired) electrons. The lowest BCUT2D eigenvalue weighted by Crippen LogP contribution is -1.98. The number of benzene rings is 1. The zero-order valence-corrected chi connectivity index (χ0v) is 10.3. The van der Waals surface area contributed by atoms with Gasteiger partial charge in [0.15, 0.2) is 0 Å². The highest BCUT2D eigenvalue weighted by Crippen LogP contribution is 2.18. The van der Waals surface area contributed by atoms with Gasteiger partial charge in [0.25, 0.3) is 0 Å². The van der Waals surface area contributed by atoms with Crippen molar-refractivity contribution in [2.75, 3.05) is 0 Å². The predicted molar refractivity (Wildman–Crippen MR) is 67.7 cm³/mol. The Balaban J connectivity index is 1.94. The standard InChI is InChI=1S/C14H18N2O/c1-11-4-3-5-12(8-11)6-7-14(17)13-9-15-16(2)10-13/h3-5,8-10,14,17H,6-7H2,1-2H3. The molecule has 0 amide bonds. The van der Waals surface area contributed by atoms with Gasteiger partial charge in [-0.05, 0) is 25.3 Å². The fourth-order valence-corrected chi connectivity index (χ4v) is 1.95. The molecule has 0 fully saturated rings. The molecule has 1 atom stereocenters. The molecule has 2 aromatic rings. The molecule has 3 nitrogen and oxygen atoms in total. The number of aliphatic hydroxyl groups excluding tert-OH is 1. The lowest BCUT2D eigenvalue weighted by Gasteiger charge is -2.08. The van der Waals surface area contributed by atoms with Gasteiger partial charge in [-0.25, -0.2) is 0 Å². The molecule has 3 heteroatoms. The molecule has 0 aliphatic carbocycles. The van der Waals surface area contributed by atoms with Crippen LogP contribution in [0.2, 0.25) is 0 Å². The highest BCUT2D eigenvalue weighted by molar-refractivity contribution is 5.22. The van der Waals surface area contributed by atoms with E-state index in [1.807, 2.05) is 13.2 Å². The molecule has 1 aromatic carbocycles. The van der Waals surface area contributed by atoms with E-state index in [1.165, 1.54) is 11.1 Å². The van der Waals surface area contributed by atoms with Gasteiger partial charge in [0, 0.05) is 18.8 Å². The monoisotopic (exact) mass is 230 g/mol. The Morgan fingerprint density at radius 2 is 2.24 bits per heavy atom. The van der Waals surface area contributed by atoms with Crippen molar-refractivity contribution in [2.24, 2.45) is 7.05 Å². The van der Waals surface area contributed by atoms with Crippen molar-refractivity contribution in [2.45, 2.75) is 25.9 Å². The van der Waals surface area contributed by atoms with Crippen LogP contribution in [0.15, 0.2) is 36.7 Å². The maximum atomic E-state index is 10.0. The van der Waals surface area contributed by atoms with Crippen LogP contribution in [0, 0.1) is 6.92 Å². The summed E-state index contributed by atoms with van der Waals surface area (Å²) in [6, 6.07) is 8.40. The summed E-state index contributed by atoms with van der Waals surface area (Å²) in [5.41, 5.74) is 3.42. The Labute approximate surface area is 102 Å². The summed E-state index contributed by atoms with van der Waals surface area (Å²) in [5, 5.41) is 14.1. The van der Waals surface area contributed by atoms with E-state index in [0.717, 1.165) is 18.4 Å². The number of hydrogen-bond donors (Lipinski definition) is 1. The summed E-state index contributed by atoms with van der Waals surface area (Å²) in [5.74, 6) is 0. The van der Waals surface area contributed by atoms with Crippen LogP contribution in [0.25, 0.3) is 0 Å². The fraction of sp³-hybridized carbons (Fsp3) is 0.357. The largest absolute Gasteiger partial charge is 0.388 e. The first-order chi connectivity index (χ1) is 8.15. The first-order valence-electron chi connectivity index (χ1n) is 5.87. The van der Waals surface area contributed by atoms with Crippen LogP contribution >= 0.6 is 0 Å². The second kappa shape index (κ2) is 5.15. The summed E-state index contributed by atoms with van der Waals surface area (Å²) in [7, 11) is 1.86. The third-order valence-electron chi connectivity index (χ3n) is 2.90. The van der Waals surface area contributed by atoms with E-state index < -0.39 is 6.10 Å². The molecule has 17 heavy (non-hydrogen) atoms. The normalized spacial score (nSPS) is 12.6. The maximum absolute atomic E-state index is 10.0. The highest BCUT2D eigenvalue weighted by Gasteiger charge is 2.09. The quantitative estimate of drug-likeness (QED) is 0.875. The van der Waals surface area contributed by atoms with Crippen LogP contribution in [0.1, 0.15) is 29.2 Å². The summed E-state index contributed by atoms with van der Waals surface area (Å²) >= 11 is 0. The van der Waals surface area contributed by atoms with Crippen molar-refractivity contribution in [3.8, 4) is 0 Å². The Morgan fingerprint density at radius 1 is 1.41 bits per heavy atom. The average Bonchev–Trinajstić information content (AvgIpc) is 2.73. The minimum atomic E-state index is -0.427. The molecule has 2 rings (SSSR count). The van der Waals surface area contributed by atoms with Crippen LogP contribution in [0.4, 0.5) is 0 Å². The van der Waals surface area contributed by atoms with Gasteiger partial charge in [-0.15, -0.1) is 0 Å². The molecule has 1 N–H and O–H groups in total. The van der Waals surface area contributed by atoms with E-state index >= 15 is 0 Å². The molecule has 0 bridgehead atoms. The first kappa shape index (κ1) is 11.9. The SMILES string of the molecule is Cc1cccc(CCC(O)c2cnn(C)c2)c1. The average molecular weight is 230 g/mol. The molecule has 1 aromatic heterocycles. The summed E-state index contributed by atoms with van der Waals surface area (Å²) in [6.07, 6.45) is 4.78. The fourth-order valence-electron chi connectivity index (χ4n) is 1.95. The van der Waals surface area contributed by atoms with Crippen LogP contribution in [-0.4, -0.2) is 14.9 Å². The third kappa shape index (κ3) is 3.17. The van der Waals surface area contributed by atoms with E-state index in [9.17, 15) is 5.11 Å². The van der Waals surface area contributed by atoms with Gasteiger partial charge in [-0.3, -0.25) is 4.68 Å². The number of aromatic nitrogens is 2. The molecule has 0 saturated carbocycles. The molecule has 1 heterocycles. The van der Waals surface area contributed by atoms with E-state index in [0.29, 0.717) is 0 Å². The Morgan fingerprint density at radius 3 is 2.88 bits per heavy atom. The summed E-state index contributed by atoms with van der Waals surface area (Å²) in [4.78, 5) is 0. The van der Waals surface area contributed by atoms with Crippen molar-refractivity contribution in [3.63, 3.8) is 0 Å². The smallest absolute Gasteiger partial charge is 0.0823 e. The van der Waals surface area contributed by atoms with Gasteiger partial charge in [0.1, 0.15) is 0 Å². The number of nitrogens with zero attached hydrogens (tertiary/aromatic N) is 2. The lowest BCUT2D eigenvalue weighted by atomic mass is 10.0. The van der Waals surface area contributed by atoms with Crippen LogP contribution in [-0.2, 0) is 13.5 Å². The number of aliphatic hydroxyl groups is 1. The van der Waals surface area contributed by atoms with Crippen molar-refractivity contribution < 1.29 is 5.11 Å². The molecule has 0 aliphatic rings. The van der Waals surface area contributed by atoms with Crippen molar-refractivity contribution >= 4 is 0 Å². The van der Waals surface area contributed by atoms with Gasteiger partial charge in [-0.1, -0.05) is 29.8 Å². The predicted octanol–water partition coefficient (Wildman–Crippen LogP) is 2.39. The molecule has 0 spiro atoms. The Hall–Kier alpha value is -1.61. The van der Waals surface area contributed by atoms with E-state index in [2.05, 4.69) is 36.3 Å². The molecular weight excluding hydrogens is 212 g/mol. The zero-order chi connectivity index (χ0) is 12.3. The highest BCUT2D eigenvalue weighted by atomic mass is 16.3. The molecule has 0 aliphatic heterocycles. The van der Waals surface area contributed by atoms with Crippen molar-refractivity contribution in [1.82, 2.24) is 9.78 Å². The number of aryl methyl sites for hydroxylation is 3. The topological polar surface area (TPSA) is 38.1 Å². The summed E-state index contributed by atoms with van der Waals surface area (Å²) in [6.45, 7) is 2.08. The van der Waals surface area contributed by atoms with Gasteiger partial charge >= 0.3 is 0 Å². The second-order valence-electron chi connectivity index (χ2n) is 4.49. The molecule has 0 saturated heterocycles. The summed E-state index contributed by atoms with van der Waals surface area (Å²) < 4.78 is 1.71. The van der Waals surface area contributed by atoms with Gasteiger partial charge in [0.05, 0.1) is 12.3 Å². The number of hydrogen-bond acceptors (Lipinski definition) is 2. The molecular formula is C14H18N2O. The minimum Gasteiger partial charge on any atom is -0.388 e. The number of rotatable bonds is 4. The maximum Gasteiger partial charge on any atom is 0.0823 e. The van der Waals surface area contributed by atoms with Gasteiger partial charge < -0.3 is 5.11 Å². The van der Waals surface area contributed by atoms with Crippen LogP contribution < -0.4 is 0 Å². The Kier molecular flexibility index (Phi) is 3.59. The zero-order valence-electron chi connectivity index (χ0n) is 10.3. The van der Waals surface area contributed by atoms with Crippen LogP contribution in [0.3, 0.4) is 0 Å². The first-order valence-corrected chi connectivity index (χ1v) is 5.87.